The highest BCUT2D eigenvalue weighted by atomic mass is 16.3. The smallest absolute Gasteiger partial charge is 0.0774 e. The Morgan fingerprint density at radius 1 is 1.38 bits per heavy atom. The van der Waals surface area contributed by atoms with Crippen molar-refractivity contribution in [2.75, 3.05) is 6.61 Å². The molecule has 0 aromatic rings. The van der Waals surface area contributed by atoms with Crippen LogP contribution in [-0.2, 0) is 0 Å². The Kier molecular flexibility index (Phi) is 4.16. The van der Waals surface area contributed by atoms with E-state index in [-0.39, 0.29) is 18.6 Å². The normalized spacial score (nSPS) is 37.4. The van der Waals surface area contributed by atoms with Gasteiger partial charge in [0.15, 0.2) is 0 Å². The molecule has 0 spiro atoms. The molecule has 0 bridgehead atoms. The Morgan fingerprint density at radius 2 is 2.08 bits per heavy atom. The topological polar surface area (TPSA) is 60.7 Å². The lowest BCUT2D eigenvalue weighted by atomic mass is 9.78. The van der Waals surface area contributed by atoms with Crippen LogP contribution in [0.3, 0.4) is 0 Å². The highest BCUT2D eigenvalue weighted by Crippen LogP contribution is 2.31. The minimum absolute atomic E-state index is 0.172. The molecule has 13 heavy (non-hydrogen) atoms. The largest absolute Gasteiger partial charge is 0.394 e. The van der Waals surface area contributed by atoms with Crippen LogP contribution in [-0.4, -0.2) is 34.1 Å². The van der Waals surface area contributed by atoms with Gasteiger partial charge < -0.3 is 15.3 Å². The lowest BCUT2D eigenvalue weighted by Crippen LogP contribution is -2.32. The van der Waals surface area contributed by atoms with Crippen molar-refractivity contribution in [3.05, 3.63) is 0 Å². The number of aliphatic hydroxyl groups is 3. The molecule has 4 atom stereocenters. The molecule has 1 fully saturated rings. The van der Waals surface area contributed by atoms with E-state index in [0.717, 1.165) is 19.3 Å². The van der Waals surface area contributed by atoms with Crippen LogP contribution in [0, 0.1) is 11.8 Å². The summed E-state index contributed by atoms with van der Waals surface area (Å²) in [6, 6.07) is 0. The standard InChI is InChI=1S/C10H20O3/c1-7-2-3-10(13)8(4-7)5-9(12)6-11/h7-13H,2-6H2,1H3. The van der Waals surface area contributed by atoms with Gasteiger partial charge in [0.25, 0.3) is 0 Å². The van der Waals surface area contributed by atoms with Crippen molar-refractivity contribution in [2.45, 2.75) is 44.8 Å². The Bertz CT molecular complexity index is 149. The fraction of sp³-hybridized carbons (Fsp3) is 1.00. The predicted molar refractivity (Wildman–Crippen MR) is 50.2 cm³/mol. The van der Waals surface area contributed by atoms with Crippen LogP contribution in [0.25, 0.3) is 0 Å². The van der Waals surface area contributed by atoms with Crippen molar-refractivity contribution in [3.8, 4) is 0 Å². The average Bonchev–Trinajstić information content (AvgIpc) is 2.11. The van der Waals surface area contributed by atoms with Gasteiger partial charge in [-0.3, -0.25) is 0 Å². The van der Waals surface area contributed by atoms with Crippen LogP contribution in [0.4, 0.5) is 0 Å². The monoisotopic (exact) mass is 188 g/mol. The first-order valence-corrected chi connectivity index (χ1v) is 5.10. The second-order valence-corrected chi connectivity index (χ2v) is 4.32. The predicted octanol–water partition coefficient (Wildman–Crippen LogP) is 0.527. The van der Waals surface area contributed by atoms with Gasteiger partial charge in [-0.15, -0.1) is 0 Å². The van der Waals surface area contributed by atoms with E-state index in [1.54, 1.807) is 0 Å². The van der Waals surface area contributed by atoms with Gasteiger partial charge in [0.1, 0.15) is 0 Å². The SMILES string of the molecule is CC1CCC(O)C(CC(O)CO)C1. The summed E-state index contributed by atoms with van der Waals surface area (Å²) in [6.07, 6.45) is 2.47. The molecule has 0 heterocycles. The summed E-state index contributed by atoms with van der Waals surface area (Å²) in [5, 5.41) is 27.6. The van der Waals surface area contributed by atoms with Crippen molar-refractivity contribution in [1.82, 2.24) is 0 Å². The summed E-state index contributed by atoms with van der Waals surface area (Å²) < 4.78 is 0. The molecular formula is C10H20O3. The molecular weight excluding hydrogens is 168 g/mol. The quantitative estimate of drug-likeness (QED) is 0.605. The Labute approximate surface area is 79.4 Å². The van der Waals surface area contributed by atoms with Crippen LogP contribution in [0.2, 0.25) is 0 Å². The van der Waals surface area contributed by atoms with E-state index in [2.05, 4.69) is 6.92 Å². The Balaban J connectivity index is 2.37. The first-order valence-electron chi connectivity index (χ1n) is 5.10. The molecule has 0 aromatic carbocycles. The molecule has 0 amide bonds. The van der Waals surface area contributed by atoms with E-state index < -0.39 is 6.10 Å². The van der Waals surface area contributed by atoms with Gasteiger partial charge in [0.2, 0.25) is 0 Å². The van der Waals surface area contributed by atoms with E-state index in [9.17, 15) is 10.2 Å². The number of rotatable bonds is 3. The maximum absolute atomic E-state index is 9.64. The van der Waals surface area contributed by atoms with Crippen LogP contribution < -0.4 is 0 Å². The van der Waals surface area contributed by atoms with Crippen molar-refractivity contribution in [1.29, 1.82) is 0 Å². The van der Waals surface area contributed by atoms with Crippen molar-refractivity contribution in [2.24, 2.45) is 11.8 Å². The second-order valence-electron chi connectivity index (χ2n) is 4.32. The zero-order valence-electron chi connectivity index (χ0n) is 8.19. The summed E-state index contributed by atoms with van der Waals surface area (Å²) >= 11 is 0. The van der Waals surface area contributed by atoms with Gasteiger partial charge in [-0.1, -0.05) is 6.92 Å². The Hall–Kier alpha value is -0.120. The molecule has 1 aliphatic carbocycles. The maximum Gasteiger partial charge on any atom is 0.0774 e. The van der Waals surface area contributed by atoms with Gasteiger partial charge in [0.05, 0.1) is 18.8 Å². The molecule has 4 unspecified atom stereocenters. The van der Waals surface area contributed by atoms with E-state index in [1.165, 1.54) is 0 Å². The van der Waals surface area contributed by atoms with E-state index in [0.29, 0.717) is 12.3 Å². The summed E-state index contributed by atoms with van der Waals surface area (Å²) in [6.45, 7) is 1.97. The average molecular weight is 188 g/mol. The molecule has 0 saturated heterocycles. The first kappa shape index (κ1) is 11.0. The summed E-state index contributed by atoms with van der Waals surface area (Å²) in [5.41, 5.74) is 0. The van der Waals surface area contributed by atoms with Gasteiger partial charge in [-0.2, -0.15) is 0 Å². The molecule has 3 N–H and O–H groups in total. The second kappa shape index (κ2) is 4.94. The van der Waals surface area contributed by atoms with Gasteiger partial charge in [-0.25, -0.2) is 0 Å². The van der Waals surface area contributed by atoms with Crippen LogP contribution in [0.1, 0.15) is 32.6 Å². The fourth-order valence-corrected chi connectivity index (χ4v) is 2.16. The van der Waals surface area contributed by atoms with Crippen molar-refractivity contribution in [3.63, 3.8) is 0 Å². The lowest BCUT2D eigenvalue weighted by molar-refractivity contribution is 0.00472. The summed E-state index contributed by atoms with van der Waals surface area (Å²) in [5.74, 6) is 0.810. The molecule has 1 aliphatic rings. The van der Waals surface area contributed by atoms with Gasteiger partial charge in [0, 0.05) is 0 Å². The Morgan fingerprint density at radius 3 is 2.69 bits per heavy atom. The van der Waals surface area contributed by atoms with Crippen LogP contribution >= 0.6 is 0 Å². The van der Waals surface area contributed by atoms with Crippen LogP contribution in [0.5, 0.6) is 0 Å². The van der Waals surface area contributed by atoms with Gasteiger partial charge in [-0.05, 0) is 37.5 Å². The third kappa shape index (κ3) is 3.25. The molecule has 0 aromatic heterocycles. The molecule has 1 rings (SSSR count). The summed E-state index contributed by atoms with van der Waals surface area (Å²) in [4.78, 5) is 0. The highest BCUT2D eigenvalue weighted by molar-refractivity contribution is 4.79. The third-order valence-corrected chi connectivity index (χ3v) is 2.99. The lowest BCUT2D eigenvalue weighted by Gasteiger charge is -2.32. The van der Waals surface area contributed by atoms with E-state index in [1.807, 2.05) is 0 Å². The molecule has 0 aliphatic heterocycles. The molecule has 78 valence electrons. The fourth-order valence-electron chi connectivity index (χ4n) is 2.16. The number of hydrogen-bond donors (Lipinski definition) is 3. The number of aliphatic hydroxyl groups excluding tert-OH is 3. The summed E-state index contributed by atoms with van der Waals surface area (Å²) in [7, 11) is 0. The van der Waals surface area contributed by atoms with Gasteiger partial charge >= 0.3 is 0 Å². The minimum atomic E-state index is -0.662. The number of hydrogen-bond acceptors (Lipinski definition) is 3. The molecule has 3 heteroatoms. The zero-order valence-corrected chi connectivity index (χ0v) is 8.19. The van der Waals surface area contributed by atoms with E-state index in [4.69, 9.17) is 5.11 Å². The molecule has 1 saturated carbocycles. The molecule has 0 radical (unpaired) electrons. The highest BCUT2D eigenvalue weighted by Gasteiger charge is 2.28. The van der Waals surface area contributed by atoms with Crippen molar-refractivity contribution < 1.29 is 15.3 Å². The third-order valence-electron chi connectivity index (χ3n) is 2.99. The first-order chi connectivity index (χ1) is 6.13. The van der Waals surface area contributed by atoms with Crippen molar-refractivity contribution >= 4 is 0 Å². The minimum Gasteiger partial charge on any atom is -0.394 e. The van der Waals surface area contributed by atoms with Crippen LogP contribution in [0.15, 0.2) is 0 Å². The van der Waals surface area contributed by atoms with E-state index >= 15 is 0 Å². The maximum atomic E-state index is 9.64. The molecule has 3 nitrogen and oxygen atoms in total. The zero-order chi connectivity index (χ0) is 9.84.